The fraction of sp³-hybridized carbons (Fsp3) is 0.263. The van der Waals surface area contributed by atoms with Crippen molar-refractivity contribution < 1.29 is 19.4 Å². The molecule has 0 spiro atoms. The van der Waals surface area contributed by atoms with Crippen molar-refractivity contribution >= 4 is 11.9 Å². The van der Waals surface area contributed by atoms with Crippen LogP contribution in [0.15, 0.2) is 54.6 Å². The van der Waals surface area contributed by atoms with E-state index >= 15 is 0 Å². The third-order valence-electron chi connectivity index (χ3n) is 3.66. The van der Waals surface area contributed by atoms with Crippen molar-refractivity contribution in [1.29, 1.82) is 0 Å². The van der Waals surface area contributed by atoms with E-state index in [0.717, 1.165) is 5.56 Å². The van der Waals surface area contributed by atoms with Gasteiger partial charge in [-0.05, 0) is 36.2 Å². The topological polar surface area (TPSA) is 66.8 Å². The standard InChI is InChI=1S/C19H21NO4/c1-24-17-11-9-16(10-12-17)19(23)20(13-5-8-18(21)22)14-15-6-3-2-4-7-15/h2-4,6-7,9-12H,5,8,13-14H2,1H3,(H,21,22). The summed E-state index contributed by atoms with van der Waals surface area (Å²) in [5.41, 5.74) is 1.57. The number of nitrogens with zero attached hydrogens (tertiary/aromatic N) is 1. The zero-order valence-electron chi connectivity index (χ0n) is 13.6. The number of benzene rings is 2. The lowest BCUT2D eigenvalue weighted by Crippen LogP contribution is -2.31. The van der Waals surface area contributed by atoms with Crippen LogP contribution in [0.3, 0.4) is 0 Å². The van der Waals surface area contributed by atoms with Crippen LogP contribution in [-0.2, 0) is 11.3 Å². The number of carboxylic acid groups (broad SMARTS) is 1. The zero-order chi connectivity index (χ0) is 17.4. The molecule has 24 heavy (non-hydrogen) atoms. The average molecular weight is 327 g/mol. The van der Waals surface area contributed by atoms with E-state index in [1.54, 1.807) is 36.3 Å². The van der Waals surface area contributed by atoms with Gasteiger partial charge in [-0.2, -0.15) is 0 Å². The first-order chi connectivity index (χ1) is 11.6. The molecule has 5 heteroatoms. The normalized spacial score (nSPS) is 10.2. The number of rotatable bonds is 8. The monoisotopic (exact) mass is 327 g/mol. The number of aliphatic carboxylic acids is 1. The molecule has 126 valence electrons. The van der Waals surface area contributed by atoms with Crippen LogP contribution in [0.1, 0.15) is 28.8 Å². The van der Waals surface area contributed by atoms with Gasteiger partial charge in [-0.1, -0.05) is 30.3 Å². The molecule has 0 aliphatic rings. The molecule has 0 saturated heterocycles. The van der Waals surface area contributed by atoms with E-state index < -0.39 is 5.97 Å². The van der Waals surface area contributed by atoms with Crippen LogP contribution >= 0.6 is 0 Å². The molecular weight excluding hydrogens is 306 g/mol. The number of carbonyl (C=O) groups is 2. The number of ether oxygens (including phenoxy) is 1. The second-order valence-electron chi connectivity index (χ2n) is 5.44. The van der Waals surface area contributed by atoms with Crippen molar-refractivity contribution in [3.05, 3.63) is 65.7 Å². The van der Waals surface area contributed by atoms with Crippen LogP contribution in [0.5, 0.6) is 5.75 Å². The molecule has 0 aliphatic carbocycles. The molecule has 0 saturated carbocycles. The maximum absolute atomic E-state index is 12.8. The molecule has 0 fully saturated rings. The van der Waals surface area contributed by atoms with Crippen molar-refractivity contribution in [2.45, 2.75) is 19.4 Å². The third-order valence-corrected chi connectivity index (χ3v) is 3.66. The van der Waals surface area contributed by atoms with Crippen molar-refractivity contribution in [2.24, 2.45) is 0 Å². The van der Waals surface area contributed by atoms with Gasteiger partial charge in [0.1, 0.15) is 5.75 Å². The van der Waals surface area contributed by atoms with Crippen LogP contribution in [-0.4, -0.2) is 35.5 Å². The van der Waals surface area contributed by atoms with Crippen molar-refractivity contribution in [1.82, 2.24) is 4.90 Å². The summed E-state index contributed by atoms with van der Waals surface area (Å²) < 4.78 is 5.11. The molecule has 0 unspecified atom stereocenters. The summed E-state index contributed by atoms with van der Waals surface area (Å²) in [5.74, 6) is -0.287. The Balaban J connectivity index is 2.12. The Morgan fingerprint density at radius 3 is 2.29 bits per heavy atom. The number of carboxylic acids is 1. The molecule has 0 aliphatic heterocycles. The van der Waals surface area contributed by atoms with Gasteiger partial charge in [-0.3, -0.25) is 9.59 Å². The van der Waals surface area contributed by atoms with E-state index in [2.05, 4.69) is 0 Å². The van der Waals surface area contributed by atoms with E-state index in [4.69, 9.17) is 9.84 Å². The number of carbonyl (C=O) groups excluding carboxylic acids is 1. The Morgan fingerprint density at radius 2 is 1.71 bits per heavy atom. The van der Waals surface area contributed by atoms with Crippen molar-refractivity contribution in [2.75, 3.05) is 13.7 Å². The fourth-order valence-corrected chi connectivity index (χ4v) is 2.39. The van der Waals surface area contributed by atoms with Crippen LogP contribution in [0, 0.1) is 0 Å². The first-order valence-electron chi connectivity index (χ1n) is 7.79. The lowest BCUT2D eigenvalue weighted by molar-refractivity contribution is -0.137. The second kappa shape index (κ2) is 8.72. The molecule has 2 aromatic rings. The number of hydrogen-bond donors (Lipinski definition) is 1. The van der Waals surface area contributed by atoms with Gasteiger partial charge in [0, 0.05) is 25.1 Å². The van der Waals surface area contributed by atoms with Crippen LogP contribution in [0.25, 0.3) is 0 Å². The lowest BCUT2D eigenvalue weighted by Gasteiger charge is -2.23. The van der Waals surface area contributed by atoms with Crippen LogP contribution < -0.4 is 4.74 Å². The van der Waals surface area contributed by atoms with Gasteiger partial charge in [0.2, 0.25) is 0 Å². The molecule has 2 aromatic carbocycles. The average Bonchev–Trinajstić information content (AvgIpc) is 2.61. The highest BCUT2D eigenvalue weighted by Crippen LogP contribution is 2.15. The Hall–Kier alpha value is -2.82. The minimum absolute atomic E-state index is 0.0428. The van der Waals surface area contributed by atoms with Crippen LogP contribution in [0.4, 0.5) is 0 Å². The summed E-state index contributed by atoms with van der Waals surface area (Å²) in [7, 11) is 1.57. The first kappa shape index (κ1) is 17.5. The van der Waals surface area contributed by atoms with Gasteiger partial charge in [0.15, 0.2) is 0 Å². The highest BCUT2D eigenvalue weighted by Gasteiger charge is 2.16. The SMILES string of the molecule is COc1ccc(C(=O)N(CCCC(=O)O)Cc2ccccc2)cc1. The van der Waals surface area contributed by atoms with Crippen molar-refractivity contribution in [3.8, 4) is 5.75 Å². The lowest BCUT2D eigenvalue weighted by atomic mass is 10.1. The molecule has 0 aromatic heterocycles. The first-order valence-corrected chi connectivity index (χ1v) is 7.79. The van der Waals surface area contributed by atoms with E-state index in [1.807, 2.05) is 30.3 Å². The summed E-state index contributed by atoms with van der Waals surface area (Å²) in [5, 5.41) is 8.81. The smallest absolute Gasteiger partial charge is 0.303 e. The molecule has 0 atom stereocenters. The Morgan fingerprint density at radius 1 is 1.04 bits per heavy atom. The van der Waals surface area contributed by atoms with Crippen LogP contribution in [0.2, 0.25) is 0 Å². The molecular formula is C19H21NO4. The highest BCUT2D eigenvalue weighted by atomic mass is 16.5. The van der Waals surface area contributed by atoms with E-state index in [1.165, 1.54) is 0 Å². The van der Waals surface area contributed by atoms with Gasteiger partial charge in [-0.25, -0.2) is 0 Å². The number of methoxy groups -OCH3 is 1. The fourth-order valence-electron chi connectivity index (χ4n) is 2.39. The minimum atomic E-state index is -0.855. The van der Waals surface area contributed by atoms with Crippen molar-refractivity contribution in [3.63, 3.8) is 0 Å². The number of hydrogen-bond acceptors (Lipinski definition) is 3. The maximum atomic E-state index is 12.8. The highest BCUT2D eigenvalue weighted by molar-refractivity contribution is 5.94. The quantitative estimate of drug-likeness (QED) is 0.808. The predicted octanol–water partition coefficient (Wildman–Crippen LogP) is 3.20. The summed E-state index contributed by atoms with van der Waals surface area (Å²) >= 11 is 0. The summed E-state index contributed by atoms with van der Waals surface area (Å²) in [6.45, 7) is 0.845. The minimum Gasteiger partial charge on any atom is -0.497 e. The Labute approximate surface area is 141 Å². The molecule has 1 amide bonds. The summed E-state index contributed by atoms with van der Waals surface area (Å²) in [6.07, 6.45) is 0.464. The molecule has 5 nitrogen and oxygen atoms in total. The third kappa shape index (κ3) is 5.12. The molecule has 1 N–H and O–H groups in total. The second-order valence-corrected chi connectivity index (χ2v) is 5.44. The maximum Gasteiger partial charge on any atom is 0.303 e. The van der Waals surface area contributed by atoms with E-state index in [-0.39, 0.29) is 12.3 Å². The van der Waals surface area contributed by atoms with Gasteiger partial charge in [-0.15, -0.1) is 0 Å². The molecule has 2 rings (SSSR count). The zero-order valence-corrected chi connectivity index (χ0v) is 13.6. The van der Waals surface area contributed by atoms with E-state index in [9.17, 15) is 9.59 Å². The summed E-state index contributed by atoms with van der Waals surface area (Å²) in [6, 6.07) is 16.6. The predicted molar refractivity (Wildman–Crippen MR) is 91.0 cm³/mol. The number of amides is 1. The van der Waals surface area contributed by atoms with Gasteiger partial charge in [0.05, 0.1) is 7.11 Å². The molecule has 0 bridgehead atoms. The van der Waals surface area contributed by atoms with Gasteiger partial charge >= 0.3 is 5.97 Å². The Kier molecular flexibility index (Phi) is 6.37. The summed E-state index contributed by atoms with van der Waals surface area (Å²) in [4.78, 5) is 25.2. The van der Waals surface area contributed by atoms with Gasteiger partial charge < -0.3 is 14.7 Å². The largest absolute Gasteiger partial charge is 0.497 e. The molecule has 0 heterocycles. The molecule has 0 radical (unpaired) electrons. The Bertz CT molecular complexity index is 668. The van der Waals surface area contributed by atoms with Gasteiger partial charge in [0.25, 0.3) is 5.91 Å². The van der Waals surface area contributed by atoms with E-state index in [0.29, 0.717) is 30.8 Å².